The van der Waals surface area contributed by atoms with E-state index in [1.807, 2.05) is 6.08 Å². The Hall–Kier alpha value is -2.56. The van der Waals surface area contributed by atoms with Crippen LogP contribution in [-0.2, 0) is 0 Å². The summed E-state index contributed by atoms with van der Waals surface area (Å²) in [6, 6.07) is 2.97. The number of fused-ring (bicyclic) bond motifs is 2. The Morgan fingerprint density at radius 2 is 2.00 bits per heavy atom. The van der Waals surface area contributed by atoms with Crippen LogP contribution in [0.2, 0.25) is 0 Å². The summed E-state index contributed by atoms with van der Waals surface area (Å²) in [7, 11) is 0. The van der Waals surface area contributed by atoms with E-state index in [1.54, 1.807) is 6.07 Å². The maximum atomic E-state index is 11.2. The summed E-state index contributed by atoms with van der Waals surface area (Å²) in [5.41, 5.74) is 4.95. The maximum absolute atomic E-state index is 11.2. The summed E-state index contributed by atoms with van der Waals surface area (Å²) >= 11 is 0. The Kier molecular flexibility index (Phi) is 6.73. The highest BCUT2D eigenvalue weighted by molar-refractivity contribution is 6.07. The van der Waals surface area contributed by atoms with Gasteiger partial charge in [0.1, 0.15) is 5.70 Å². The second-order valence-corrected chi connectivity index (χ2v) is 9.85. The predicted octanol–water partition coefficient (Wildman–Crippen LogP) is 7.47. The number of nitrogens with zero attached hydrogens (tertiary/aromatic N) is 1. The van der Waals surface area contributed by atoms with Gasteiger partial charge in [0, 0.05) is 17.7 Å². The minimum Gasteiger partial charge on any atom is -0.475 e. The van der Waals surface area contributed by atoms with Crippen molar-refractivity contribution >= 4 is 11.7 Å². The first-order valence-corrected chi connectivity index (χ1v) is 12.2. The molecule has 0 radical (unpaired) electrons. The highest BCUT2D eigenvalue weighted by atomic mass is 16.6. The molecule has 4 rings (SSSR count). The van der Waals surface area contributed by atoms with E-state index in [4.69, 9.17) is 19.3 Å². The molecule has 3 aliphatic rings. The van der Waals surface area contributed by atoms with Crippen molar-refractivity contribution in [3.05, 3.63) is 52.6 Å². The van der Waals surface area contributed by atoms with Gasteiger partial charge in [0.25, 0.3) is 5.95 Å². The third-order valence-corrected chi connectivity index (χ3v) is 6.91. The molecule has 1 saturated carbocycles. The average Bonchev–Trinajstić information content (AvgIpc) is 3.37. The topological polar surface area (TPSA) is 72.0 Å². The van der Waals surface area contributed by atoms with Crippen molar-refractivity contribution in [2.75, 3.05) is 0 Å². The molecule has 0 bridgehead atoms. The lowest BCUT2D eigenvalue weighted by Crippen LogP contribution is -2.27. The summed E-state index contributed by atoms with van der Waals surface area (Å²) in [6.07, 6.45) is 16.4. The first-order valence-electron chi connectivity index (χ1n) is 12.2. The Morgan fingerprint density at radius 3 is 2.75 bits per heavy atom. The summed E-state index contributed by atoms with van der Waals surface area (Å²) in [4.78, 5) is 16.2. The van der Waals surface area contributed by atoms with Crippen LogP contribution in [0.4, 0.5) is 0 Å². The maximum Gasteiger partial charge on any atom is 0.371 e. The molecular weight excluding hydrogens is 402 g/mol. The molecule has 0 saturated heterocycles. The lowest BCUT2D eigenvalue weighted by Gasteiger charge is -2.35. The molecule has 1 unspecified atom stereocenters. The van der Waals surface area contributed by atoms with Crippen molar-refractivity contribution in [2.45, 2.75) is 85.0 Å². The van der Waals surface area contributed by atoms with Gasteiger partial charge in [0.2, 0.25) is 5.76 Å². The molecule has 0 spiro atoms. The lowest BCUT2D eigenvalue weighted by atomic mass is 9.68. The fourth-order valence-electron chi connectivity index (χ4n) is 5.28. The van der Waals surface area contributed by atoms with E-state index in [-0.39, 0.29) is 17.1 Å². The molecule has 1 aliphatic heterocycles. The van der Waals surface area contributed by atoms with Gasteiger partial charge in [-0.3, -0.25) is 0 Å². The smallest absolute Gasteiger partial charge is 0.371 e. The number of hydrogen-bond acceptors (Lipinski definition) is 4. The minimum absolute atomic E-state index is 0.102. The van der Waals surface area contributed by atoms with E-state index in [1.165, 1.54) is 67.9 Å². The molecule has 2 aliphatic carbocycles. The Bertz CT molecular complexity index is 989. The number of unbranched alkanes of at least 4 members (excludes halogenated alkanes) is 5. The van der Waals surface area contributed by atoms with Crippen LogP contribution in [0.5, 0.6) is 5.95 Å². The number of rotatable bonds is 10. The molecule has 5 nitrogen and oxygen atoms in total. The molecule has 1 aromatic heterocycles. The van der Waals surface area contributed by atoms with Crippen LogP contribution in [0.15, 0.2) is 56.3 Å². The number of aromatic carboxylic acids is 1. The predicted molar refractivity (Wildman–Crippen MR) is 126 cm³/mol. The van der Waals surface area contributed by atoms with Gasteiger partial charge in [-0.25, -0.2) is 9.79 Å². The van der Waals surface area contributed by atoms with Crippen LogP contribution in [-0.4, -0.2) is 16.8 Å². The van der Waals surface area contributed by atoms with Gasteiger partial charge < -0.3 is 14.3 Å². The number of ether oxygens (including phenoxy) is 1. The number of carboxylic acid groups (broad SMARTS) is 1. The number of hydrogen-bond donors (Lipinski definition) is 1. The Balaban J connectivity index is 1.59. The van der Waals surface area contributed by atoms with E-state index in [0.29, 0.717) is 11.7 Å². The van der Waals surface area contributed by atoms with Crippen LogP contribution in [0, 0.1) is 11.3 Å². The summed E-state index contributed by atoms with van der Waals surface area (Å²) in [6.45, 7) is 6.92. The van der Waals surface area contributed by atoms with E-state index < -0.39 is 5.97 Å². The zero-order chi connectivity index (χ0) is 22.7. The van der Waals surface area contributed by atoms with E-state index in [0.717, 1.165) is 25.0 Å². The van der Waals surface area contributed by atoms with Gasteiger partial charge in [-0.2, -0.15) is 0 Å². The second-order valence-electron chi connectivity index (χ2n) is 9.85. The third kappa shape index (κ3) is 4.62. The van der Waals surface area contributed by atoms with Crippen LogP contribution in [0.3, 0.4) is 0 Å². The molecule has 1 aromatic rings. The van der Waals surface area contributed by atoms with Crippen LogP contribution in [0.25, 0.3) is 0 Å². The molecule has 172 valence electrons. The normalized spacial score (nSPS) is 21.5. The number of furan rings is 1. The SMILES string of the molecule is CCCCCCCCC1C=CC(Oc2ccc(C(=O)O)o2)=C2N=C3CCCC(C)(C)C3=C21. The van der Waals surface area contributed by atoms with Crippen molar-refractivity contribution in [1.29, 1.82) is 0 Å². The number of carboxylic acids is 1. The summed E-state index contributed by atoms with van der Waals surface area (Å²) in [5, 5.41) is 9.13. The summed E-state index contributed by atoms with van der Waals surface area (Å²) in [5.74, 6) is -0.0496. The first-order chi connectivity index (χ1) is 15.4. The molecule has 1 N–H and O–H groups in total. The van der Waals surface area contributed by atoms with E-state index >= 15 is 0 Å². The quantitative estimate of drug-likeness (QED) is 0.385. The fourth-order valence-corrected chi connectivity index (χ4v) is 5.28. The zero-order valence-electron chi connectivity index (χ0n) is 19.6. The lowest BCUT2D eigenvalue weighted by molar-refractivity contribution is 0.0656. The van der Waals surface area contributed by atoms with Crippen LogP contribution >= 0.6 is 0 Å². The molecule has 1 fully saturated rings. The highest BCUT2D eigenvalue weighted by Crippen LogP contribution is 2.50. The van der Waals surface area contributed by atoms with E-state index in [2.05, 4.69) is 26.8 Å². The van der Waals surface area contributed by atoms with Crippen molar-refractivity contribution in [2.24, 2.45) is 16.3 Å². The zero-order valence-corrected chi connectivity index (χ0v) is 19.6. The number of aliphatic imine (C=N–C) groups is 1. The second kappa shape index (κ2) is 9.51. The minimum atomic E-state index is -1.10. The van der Waals surface area contributed by atoms with Gasteiger partial charge in [0.05, 0.1) is 0 Å². The van der Waals surface area contributed by atoms with Crippen molar-refractivity contribution in [3.63, 3.8) is 0 Å². The molecule has 0 aromatic carbocycles. The van der Waals surface area contributed by atoms with Gasteiger partial charge in [-0.05, 0) is 54.4 Å². The van der Waals surface area contributed by atoms with Gasteiger partial charge >= 0.3 is 5.97 Å². The van der Waals surface area contributed by atoms with Gasteiger partial charge in [-0.15, -0.1) is 0 Å². The first kappa shape index (κ1) is 22.6. The van der Waals surface area contributed by atoms with Gasteiger partial charge in [0.15, 0.2) is 5.76 Å². The molecule has 0 amide bonds. The number of carbonyl (C=O) groups is 1. The Morgan fingerprint density at radius 1 is 1.22 bits per heavy atom. The summed E-state index contributed by atoms with van der Waals surface area (Å²) < 4.78 is 11.4. The molecule has 5 heteroatoms. The highest BCUT2D eigenvalue weighted by Gasteiger charge is 2.41. The standard InChI is InChI=1S/C27H35NO4/c1-4-5-6-7-8-9-11-18-13-14-20(31-22-16-15-21(32-22)26(29)30)25-23(18)24-19(28-25)12-10-17-27(24,2)3/h13-16,18H,4-12,17H2,1-3H3,(H,29,30). The largest absolute Gasteiger partial charge is 0.475 e. The molecule has 1 atom stereocenters. The third-order valence-electron chi connectivity index (χ3n) is 6.91. The number of allylic oxidation sites excluding steroid dienone is 4. The average molecular weight is 438 g/mol. The van der Waals surface area contributed by atoms with E-state index in [9.17, 15) is 4.79 Å². The molecular formula is C27H35NO4. The van der Waals surface area contributed by atoms with Crippen molar-refractivity contribution in [1.82, 2.24) is 0 Å². The fraction of sp³-hybridized carbons (Fsp3) is 0.556. The van der Waals surface area contributed by atoms with Crippen LogP contribution in [0.1, 0.15) is 95.5 Å². The van der Waals surface area contributed by atoms with Crippen molar-refractivity contribution in [3.8, 4) is 5.95 Å². The van der Waals surface area contributed by atoms with Crippen LogP contribution < -0.4 is 4.74 Å². The Labute approximate surface area is 190 Å². The van der Waals surface area contributed by atoms with Gasteiger partial charge in [-0.1, -0.05) is 65.4 Å². The van der Waals surface area contributed by atoms with Crippen molar-refractivity contribution < 1.29 is 19.1 Å². The molecule has 32 heavy (non-hydrogen) atoms. The monoisotopic (exact) mass is 437 g/mol. The molecule has 2 heterocycles.